The summed E-state index contributed by atoms with van der Waals surface area (Å²) in [4.78, 5) is 24.1. The number of benzene rings is 1. The highest BCUT2D eigenvalue weighted by Gasteiger charge is 2.02. The fourth-order valence-corrected chi connectivity index (χ4v) is 1.54. The van der Waals surface area contributed by atoms with E-state index in [4.69, 9.17) is 4.42 Å². The average Bonchev–Trinajstić information content (AvgIpc) is 2.28. The van der Waals surface area contributed by atoms with Crippen molar-refractivity contribution in [2.45, 2.75) is 5.75 Å². The summed E-state index contributed by atoms with van der Waals surface area (Å²) in [6.07, 6.45) is 0. The Morgan fingerprint density at radius 1 is 1.19 bits per heavy atom. The first-order valence-electron chi connectivity index (χ1n) is 4.63. The van der Waals surface area contributed by atoms with E-state index in [1.165, 1.54) is 6.07 Å². The number of hydrogen-bond donors (Lipinski definition) is 2. The topological polar surface area (TPSA) is 63.1 Å². The first-order valence-corrected chi connectivity index (χ1v) is 5.27. The Morgan fingerprint density at radius 2 is 1.88 bits per heavy atom. The van der Waals surface area contributed by atoms with Crippen LogP contribution in [0.4, 0.5) is 0 Å². The van der Waals surface area contributed by atoms with E-state index in [-0.39, 0.29) is 5.76 Å². The van der Waals surface area contributed by atoms with Gasteiger partial charge in [-0.3, -0.25) is 9.78 Å². The lowest BCUT2D eigenvalue weighted by atomic mass is 10.1. The molecule has 0 radical (unpaired) electrons. The molecule has 1 aromatic heterocycles. The molecule has 5 heteroatoms. The molecule has 0 atom stereocenters. The predicted octanol–water partition coefficient (Wildman–Crippen LogP) is 1.42. The van der Waals surface area contributed by atoms with Crippen LogP contribution in [0.3, 0.4) is 0 Å². The van der Waals surface area contributed by atoms with Crippen LogP contribution in [-0.2, 0) is 5.75 Å². The second-order valence-electron chi connectivity index (χ2n) is 3.24. The van der Waals surface area contributed by atoms with Gasteiger partial charge in [-0.15, -0.1) is 0 Å². The molecule has 1 aromatic carbocycles. The molecule has 1 N–H and O–H groups in total. The minimum atomic E-state index is -0.749. The first-order chi connectivity index (χ1) is 7.69. The van der Waals surface area contributed by atoms with E-state index in [1.54, 1.807) is 12.1 Å². The molecule has 0 fully saturated rings. The van der Waals surface area contributed by atoms with Crippen molar-refractivity contribution in [1.82, 2.24) is 4.98 Å². The normalized spacial score (nSPS) is 10.3. The van der Waals surface area contributed by atoms with Crippen LogP contribution in [0.15, 0.2) is 44.3 Å². The number of nitrogens with one attached hydrogen (secondary N) is 1. The number of aromatic nitrogens is 1. The van der Waals surface area contributed by atoms with Gasteiger partial charge in [0.15, 0.2) is 0 Å². The van der Waals surface area contributed by atoms with Crippen LogP contribution in [0.2, 0.25) is 0 Å². The summed E-state index contributed by atoms with van der Waals surface area (Å²) in [5.74, 6) is 0.153. The molecule has 0 bridgehead atoms. The number of hydrogen-bond acceptors (Lipinski definition) is 4. The third-order valence-electron chi connectivity index (χ3n) is 2.11. The molecule has 4 nitrogen and oxygen atoms in total. The van der Waals surface area contributed by atoms with Crippen LogP contribution in [0, 0.1) is 0 Å². The van der Waals surface area contributed by atoms with Gasteiger partial charge in [0.25, 0.3) is 5.56 Å². The van der Waals surface area contributed by atoms with Crippen molar-refractivity contribution in [1.29, 1.82) is 0 Å². The molecule has 0 saturated carbocycles. The fourth-order valence-electron chi connectivity index (χ4n) is 1.33. The Labute approximate surface area is 96.4 Å². The number of rotatable bonds is 2. The molecule has 16 heavy (non-hydrogen) atoms. The summed E-state index contributed by atoms with van der Waals surface area (Å²) >= 11 is 4.14. The number of aromatic amines is 1. The zero-order chi connectivity index (χ0) is 11.5. The summed E-state index contributed by atoms with van der Waals surface area (Å²) < 4.78 is 4.89. The molecule has 0 unspecified atom stereocenters. The molecule has 2 rings (SSSR count). The van der Waals surface area contributed by atoms with Gasteiger partial charge in [-0.1, -0.05) is 24.3 Å². The fraction of sp³-hybridized carbons (Fsp3) is 0.0909. The van der Waals surface area contributed by atoms with E-state index in [0.717, 1.165) is 5.56 Å². The molecule has 0 aliphatic carbocycles. The standard InChI is InChI=1S/C11H9NO3S/c13-10-5-9(15-11(14)12-10)8-3-1-7(6-16)2-4-8/h1-5,16H,6H2,(H,12,13,14). The molecular formula is C11H9NO3S. The van der Waals surface area contributed by atoms with Gasteiger partial charge in [-0.25, -0.2) is 4.79 Å². The van der Waals surface area contributed by atoms with E-state index < -0.39 is 11.3 Å². The molecule has 0 aliphatic rings. The van der Waals surface area contributed by atoms with E-state index >= 15 is 0 Å². The molecule has 0 spiro atoms. The SMILES string of the molecule is O=c1cc(-c2ccc(CS)cc2)oc(=O)[nH]1. The molecule has 0 saturated heterocycles. The Morgan fingerprint density at radius 3 is 2.44 bits per heavy atom. The molecule has 1 heterocycles. The van der Waals surface area contributed by atoms with Gasteiger partial charge in [0.05, 0.1) is 0 Å². The highest BCUT2D eigenvalue weighted by Crippen LogP contribution is 2.17. The van der Waals surface area contributed by atoms with E-state index in [9.17, 15) is 9.59 Å². The minimum Gasteiger partial charge on any atom is -0.409 e. The Balaban J connectivity index is 2.50. The van der Waals surface area contributed by atoms with Gasteiger partial charge in [0.2, 0.25) is 0 Å². The highest BCUT2D eigenvalue weighted by molar-refractivity contribution is 7.79. The van der Waals surface area contributed by atoms with Crippen molar-refractivity contribution in [2.75, 3.05) is 0 Å². The van der Waals surface area contributed by atoms with E-state index in [0.29, 0.717) is 11.3 Å². The predicted molar refractivity (Wildman–Crippen MR) is 63.7 cm³/mol. The van der Waals surface area contributed by atoms with Gasteiger partial charge in [0.1, 0.15) is 5.76 Å². The smallest absolute Gasteiger partial charge is 0.409 e. The Kier molecular flexibility index (Phi) is 2.96. The van der Waals surface area contributed by atoms with Crippen LogP contribution in [0.5, 0.6) is 0 Å². The largest absolute Gasteiger partial charge is 0.419 e. The third-order valence-corrected chi connectivity index (χ3v) is 2.48. The Bertz CT molecular complexity index is 569. The lowest BCUT2D eigenvalue weighted by Crippen LogP contribution is -2.17. The van der Waals surface area contributed by atoms with Crippen molar-refractivity contribution < 1.29 is 4.42 Å². The summed E-state index contributed by atoms with van der Waals surface area (Å²) in [6.45, 7) is 0. The van der Waals surface area contributed by atoms with E-state index in [2.05, 4.69) is 12.6 Å². The van der Waals surface area contributed by atoms with Crippen molar-refractivity contribution in [3.63, 3.8) is 0 Å². The molecule has 2 aromatic rings. The average molecular weight is 235 g/mol. The zero-order valence-electron chi connectivity index (χ0n) is 8.27. The van der Waals surface area contributed by atoms with Gasteiger partial charge >= 0.3 is 5.76 Å². The summed E-state index contributed by atoms with van der Waals surface area (Å²) in [6, 6.07) is 8.54. The van der Waals surface area contributed by atoms with Gasteiger partial charge < -0.3 is 4.42 Å². The number of thiol groups is 1. The first kappa shape index (κ1) is 10.8. The molecule has 0 amide bonds. The van der Waals surface area contributed by atoms with Crippen LogP contribution in [0.25, 0.3) is 11.3 Å². The van der Waals surface area contributed by atoms with Crippen LogP contribution >= 0.6 is 12.6 Å². The maximum absolute atomic E-state index is 11.1. The lowest BCUT2D eigenvalue weighted by molar-refractivity contribution is 0.494. The highest BCUT2D eigenvalue weighted by atomic mass is 32.1. The Hall–Kier alpha value is -1.75. The number of H-pyrrole nitrogens is 1. The lowest BCUT2D eigenvalue weighted by Gasteiger charge is -2.00. The second kappa shape index (κ2) is 4.40. The van der Waals surface area contributed by atoms with Crippen LogP contribution < -0.4 is 11.3 Å². The van der Waals surface area contributed by atoms with Crippen LogP contribution in [0.1, 0.15) is 5.56 Å². The minimum absolute atomic E-state index is 0.263. The summed E-state index contributed by atoms with van der Waals surface area (Å²) in [5.41, 5.74) is 1.28. The van der Waals surface area contributed by atoms with Crippen molar-refractivity contribution >= 4 is 12.6 Å². The van der Waals surface area contributed by atoms with E-state index in [1.807, 2.05) is 17.1 Å². The maximum atomic E-state index is 11.1. The van der Waals surface area contributed by atoms with Gasteiger partial charge in [-0.05, 0) is 5.56 Å². The molecule has 0 aliphatic heterocycles. The molecule has 82 valence electrons. The van der Waals surface area contributed by atoms with Gasteiger partial charge in [-0.2, -0.15) is 12.6 Å². The molecular weight excluding hydrogens is 226 g/mol. The summed E-state index contributed by atoms with van der Waals surface area (Å²) in [7, 11) is 0. The monoisotopic (exact) mass is 235 g/mol. The van der Waals surface area contributed by atoms with Crippen molar-refractivity contribution in [3.05, 3.63) is 56.8 Å². The summed E-state index contributed by atoms with van der Waals surface area (Å²) in [5, 5.41) is 0. The third kappa shape index (κ3) is 2.25. The second-order valence-corrected chi connectivity index (χ2v) is 3.56. The zero-order valence-corrected chi connectivity index (χ0v) is 9.16. The van der Waals surface area contributed by atoms with Crippen molar-refractivity contribution in [2.24, 2.45) is 0 Å². The van der Waals surface area contributed by atoms with Crippen LogP contribution in [-0.4, -0.2) is 4.98 Å². The van der Waals surface area contributed by atoms with Crippen molar-refractivity contribution in [3.8, 4) is 11.3 Å². The van der Waals surface area contributed by atoms with Gasteiger partial charge in [0, 0.05) is 17.4 Å². The quantitative estimate of drug-likeness (QED) is 0.774. The maximum Gasteiger partial charge on any atom is 0.419 e.